The molecule has 2 heterocycles. The zero-order valence-electron chi connectivity index (χ0n) is 20.3. The van der Waals surface area contributed by atoms with Crippen LogP contribution in [0.15, 0.2) is 36.4 Å². The van der Waals surface area contributed by atoms with E-state index in [-0.39, 0.29) is 52.5 Å². The van der Waals surface area contributed by atoms with Gasteiger partial charge in [-0.15, -0.1) is 0 Å². The van der Waals surface area contributed by atoms with Gasteiger partial charge in [-0.25, -0.2) is 4.39 Å². The van der Waals surface area contributed by atoms with E-state index in [2.05, 4.69) is 36.7 Å². The van der Waals surface area contributed by atoms with E-state index in [1.54, 1.807) is 30.3 Å². The maximum Gasteiger partial charge on any atom is 0.238 e. The van der Waals surface area contributed by atoms with Crippen LogP contribution in [0.1, 0.15) is 57.1 Å². The number of benzene rings is 2. The number of fused-ring (bicyclic) bond motifs is 2. The molecule has 0 radical (unpaired) electrons. The molecule has 1 spiro atoms. The lowest BCUT2D eigenvalue weighted by Crippen LogP contribution is -2.52. The lowest BCUT2D eigenvalue weighted by atomic mass is 9.62. The third-order valence-corrected chi connectivity index (χ3v) is 8.04. The minimum Gasteiger partial charge on any atom is -0.351 e. The summed E-state index contributed by atoms with van der Waals surface area (Å²) in [6.45, 7) is 6.17. The van der Waals surface area contributed by atoms with Gasteiger partial charge in [0.1, 0.15) is 17.0 Å². The number of hydrogen-bond acceptors (Lipinski definition) is 4. The predicted octanol–water partition coefficient (Wildman–Crippen LogP) is 4.73. The Kier molecular flexibility index (Phi) is 6.17. The molecule has 2 aromatic carbocycles. The highest BCUT2D eigenvalue weighted by Crippen LogP contribution is 2.57. The van der Waals surface area contributed by atoms with Gasteiger partial charge in [0, 0.05) is 41.6 Å². The molecule has 3 aliphatic rings. The highest BCUT2D eigenvalue weighted by molar-refractivity contribution is 6.31. The van der Waals surface area contributed by atoms with Crippen molar-refractivity contribution in [1.82, 2.24) is 10.6 Å². The number of hydrogen-bond donors (Lipinski definition) is 3. The quantitative estimate of drug-likeness (QED) is 0.532. The van der Waals surface area contributed by atoms with E-state index in [0.29, 0.717) is 22.7 Å². The van der Waals surface area contributed by atoms with Crippen molar-refractivity contribution in [1.29, 1.82) is 0 Å². The summed E-state index contributed by atoms with van der Waals surface area (Å²) in [5, 5.41) is 9.68. The lowest BCUT2D eigenvalue weighted by Gasteiger charge is -2.38. The first-order valence-electron chi connectivity index (χ1n) is 12.1. The molecule has 0 bridgehead atoms. The number of halogens is 3. The maximum atomic E-state index is 15.7. The number of Topliss-reactive ketones (excluding diaryl/α,β-unsaturated/α-hetero) is 1. The summed E-state index contributed by atoms with van der Waals surface area (Å²) >= 11 is 12.4. The number of amides is 2. The van der Waals surface area contributed by atoms with Crippen molar-refractivity contribution in [3.63, 3.8) is 0 Å². The number of anilines is 1. The minimum absolute atomic E-state index is 0.0830. The van der Waals surface area contributed by atoms with Crippen LogP contribution in [-0.4, -0.2) is 35.7 Å². The summed E-state index contributed by atoms with van der Waals surface area (Å²) in [7, 11) is 0. The lowest BCUT2D eigenvalue weighted by molar-refractivity contribution is -0.129. The van der Waals surface area contributed by atoms with Crippen molar-refractivity contribution in [2.75, 3.05) is 5.32 Å². The Balaban J connectivity index is 1.71. The monoisotopic (exact) mass is 531 g/mol. The Morgan fingerprint density at radius 2 is 1.89 bits per heavy atom. The first kappa shape index (κ1) is 25.2. The van der Waals surface area contributed by atoms with Gasteiger partial charge >= 0.3 is 0 Å². The van der Waals surface area contributed by atoms with E-state index in [1.165, 1.54) is 6.07 Å². The smallest absolute Gasteiger partial charge is 0.238 e. The fraction of sp³-hybridized carbons (Fsp3) is 0.444. The van der Waals surface area contributed by atoms with Crippen LogP contribution >= 0.6 is 23.2 Å². The molecule has 3 N–H and O–H groups in total. The van der Waals surface area contributed by atoms with Gasteiger partial charge in [-0.2, -0.15) is 0 Å². The van der Waals surface area contributed by atoms with Gasteiger partial charge in [0.2, 0.25) is 11.8 Å². The zero-order chi connectivity index (χ0) is 26.0. The van der Waals surface area contributed by atoms with Gasteiger partial charge in [-0.1, -0.05) is 62.2 Å². The SMILES string of the molecule is CC(C)(C)C[C@H]1N[C@@H](C(=O)NC2CC(=O)C2)[C@H](c2cccc(Cl)c2F)[C@@]12C(=O)Nc1cc(Cl)ccc12. The molecule has 6 nitrogen and oxygen atoms in total. The highest BCUT2D eigenvalue weighted by atomic mass is 35.5. The molecule has 0 unspecified atom stereocenters. The molecule has 2 amide bonds. The molecule has 1 aliphatic carbocycles. The molecule has 9 heteroatoms. The van der Waals surface area contributed by atoms with Crippen LogP contribution in [-0.2, 0) is 19.8 Å². The Morgan fingerprint density at radius 3 is 2.56 bits per heavy atom. The summed E-state index contributed by atoms with van der Waals surface area (Å²) in [5.41, 5.74) is -0.114. The molecular formula is C27H28Cl2FN3O3. The van der Waals surface area contributed by atoms with Gasteiger partial charge in [0.15, 0.2) is 0 Å². The molecule has 2 aliphatic heterocycles. The number of nitrogens with one attached hydrogen (secondary N) is 3. The Labute approximate surface area is 219 Å². The predicted molar refractivity (Wildman–Crippen MR) is 137 cm³/mol. The van der Waals surface area contributed by atoms with Gasteiger partial charge in [0.05, 0.1) is 11.1 Å². The van der Waals surface area contributed by atoms with Crippen LogP contribution in [0.2, 0.25) is 10.0 Å². The second kappa shape index (κ2) is 8.82. The topological polar surface area (TPSA) is 87.3 Å². The first-order chi connectivity index (χ1) is 16.9. The molecule has 36 heavy (non-hydrogen) atoms. The van der Waals surface area contributed by atoms with Crippen LogP contribution in [0.4, 0.5) is 10.1 Å². The average molecular weight is 532 g/mol. The van der Waals surface area contributed by atoms with E-state index >= 15 is 4.39 Å². The molecule has 2 aromatic rings. The fourth-order valence-electron chi connectivity index (χ4n) is 6.04. The fourth-order valence-corrected chi connectivity index (χ4v) is 6.39. The van der Waals surface area contributed by atoms with Crippen molar-refractivity contribution < 1.29 is 18.8 Å². The summed E-state index contributed by atoms with van der Waals surface area (Å²) in [6, 6.07) is 8.12. The van der Waals surface area contributed by atoms with Crippen molar-refractivity contribution in [2.24, 2.45) is 5.41 Å². The molecule has 1 saturated carbocycles. The van der Waals surface area contributed by atoms with Crippen molar-refractivity contribution >= 4 is 46.5 Å². The van der Waals surface area contributed by atoms with E-state index in [4.69, 9.17) is 23.2 Å². The van der Waals surface area contributed by atoms with Crippen LogP contribution in [0.5, 0.6) is 0 Å². The van der Waals surface area contributed by atoms with Crippen LogP contribution in [0.25, 0.3) is 0 Å². The standard InChI is InChI=1S/C27H28Cl2FN3O3/c1-26(2,3)12-20-27(17-8-7-13(28)9-19(17)32-25(27)36)21(16-5-4-6-18(29)22(16)30)23(33-20)24(35)31-14-10-15(34)11-14/h4-9,14,20-21,23,33H,10-12H2,1-3H3,(H,31,35)(H,32,36)/t20-,21+,23-,27+/m1/s1. The third kappa shape index (κ3) is 4.01. The van der Waals surface area contributed by atoms with E-state index in [0.717, 1.165) is 0 Å². The molecule has 2 fully saturated rings. The van der Waals surface area contributed by atoms with Gasteiger partial charge < -0.3 is 16.0 Å². The average Bonchev–Trinajstić information content (AvgIpc) is 3.23. The normalized spacial score (nSPS) is 27.7. The van der Waals surface area contributed by atoms with E-state index < -0.39 is 29.2 Å². The first-order valence-corrected chi connectivity index (χ1v) is 12.8. The highest BCUT2D eigenvalue weighted by Gasteiger charge is 2.66. The summed E-state index contributed by atoms with van der Waals surface area (Å²) in [4.78, 5) is 39.2. The van der Waals surface area contributed by atoms with E-state index in [9.17, 15) is 14.4 Å². The largest absolute Gasteiger partial charge is 0.351 e. The van der Waals surface area contributed by atoms with Gasteiger partial charge in [-0.3, -0.25) is 14.4 Å². The van der Waals surface area contributed by atoms with Crippen LogP contribution in [0.3, 0.4) is 0 Å². The minimum atomic E-state index is -1.30. The third-order valence-electron chi connectivity index (χ3n) is 7.52. The second-order valence-corrected chi connectivity index (χ2v) is 12.1. The Bertz CT molecular complexity index is 1270. The van der Waals surface area contributed by atoms with Crippen LogP contribution < -0.4 is 16.0 Å². The Hall–Kier alpha value is -2.48. The number of rotatable bonds is 4. The Morgan fingerprint density at radius 1 is 1.17 bits per heavy atom. The summed E-state index contributed by atoms with van der Waals surface area (Å²) < 4.78 is 15.7. The summed E-state index contributed by atoms with van der Waals surface area (Å²) in [6.07, 6.45) is 1.08. The molecule has 190 valence electrons. The molecule has 1 saturated heterocycles. The van der Waals surface area contributed by atoms with E-state index in [1.807, 2.05) is 0 Å². The van der Waals surface area contributed by atoms with Gasteiger partial charge in [0.25, 0.3) is 0 Å². The van der Waals surface area contributed by atoms with Crippen molar-refractivity contribution in [2.45, 2.75) is 69.5 Å². The molecular weight excluding hydrogens is 504 g/mol. The molecule has 0 aromatic heterocycles. The second-order valence-electron chi connectivity index (χ2n) is 11.2. The van der Waals surface area contributed by atoms with Crippen molar-refractivity contribution in [3.05, 3.63) is 63.4 Å². The number of carbonyl (C=O) groups is 3. The molecule has 4 atom stereocenters. The van der Waals surface area contributed by atoms with Gasteiger partial charge in [-0.05, 0) is 41.2 Å². The maximum absolute atomic E-state index is 15.7. The zero-order valence-corrected chi connectivity index (χ0v) is 21.8. The molecule has 5 rings (SSSR count). The van der Waals surface area contributed by atoms with Crippen LogP contribution in [0, 0.1) is 11.2 Å². The number of ketones is 1. The number of carbonyl (C=O) groups excluding carboxylic acids is 3. The summed E-state index contributed by atoms with van der Waals surface area (Å²) in [5.74, 6) is -2.17. The van der Waals surface area contributed by atoms with Crippen molar-refractivity contribution in [3.8, 4) is 0 Å².